The van der Waals surface area contributed by atoms with E-state index in [1.165, 1.54) is 0 Å². The molecule has 0 atom stereocenters. The van der Waals surface area contributed by atoms with Crippen LogP contribution in [-0.2, 0) is 0 Å². The van der Waals surface area contributed by atoms with Gasteiger partial charge in [-0.2, -0.15) is 0 Å². The minimum absolute atomic E-state index is 0. The molecule has 6 N–H and O–H groups in total. The summed E-state index contributed by atoms with van der Waals surface area (Å²) in [5.41, 5.74) is 0. The van der Waals surface area contributed by atoms with Gasteiger partial charge in [0.1, 0.15) is 0 Å². The third-order valence-electron chi connectivity index (χ3n) is 0.981. The highest BCUT2D eigenvalue weighted by Crippen LogP contribution is 1.91. The van der Waals surface area contributed by atoms with Crippen LogP contribution < -0.4 is 12.3 Å². The summed E-state index contributed by atoms with van der Waals surface area (Å²) in [7, 11) is 2.06. The molecule has 0 bridgehead atoms. The van der Waals surface area contributed by atoms with Gasteiger partial charge in [-0.15, -0.1) is 48.0 Å². The molecule has 3 nitrogen and oxygen atoms in total. The van der Waals surface area contributed by atoms with Gasteiger partial charge in [-0.3, -0.25) is 0 Å². The van der Waals surface area contributed by atoms with Crippen LogP contribution in [0.5, 0.6) is 0 Å². The van der Waals surface area contributed by atoms with Gasteiger partial charge in [0.05, 0.1) is 0 Å². The van der Waals surface area contributed by atoms with E-state index in [0.29, 0.717) is 0 Å². The van der Waals surface area contributed by atoms with Gasteiger partial charge >= 0.3 is 0 Å². The Morgan fingerprint density at radius 3 is 1.82 bits per heavy atom. The number of likely N-dealkylation sites (N-methyl/N-ethyl adjacent to an activating group) is 1. The molecule has 0 spiro atoms. The van der Waals surface area contributed by atoms with Crippen LogP contribution in [0.15, 0.2) is 24.4 Å². The lowest BCUT2D eigenvalue weighted by atomic mass is 10.4. The maximum absolute atomic E-state index is 2.12. The fraction of sp³-hybridized carbons (Fsp3) is 0.333. The van der Waals surface area contributed by atoms with E-state index in [9.17, 15) is 0 Å². The smallest absolute Gasteiger partial charge is 0.0353 e. The van der Waals surface area contributed by atoms with E-state index in [-0.39, 0.29) is 60.3 Å². The molecule has 0 amide bonds. The fourth-order valence-electron chi connectivity index (χ4n) is 0.563. The van der Waals surface area contributed by atoms with Gasteiger partial charge in [0.25, 0.3) is 0 Å². The normalized spacial score (nSPS) is 11.5. The second-order valence-electron chi connectivity index (χ2n) is 1.71. The molecule has 0 aromatic heterocycles. The first-order chi connectivity index (χ1) is 3.39. The lowest BCUT2D eigenvalue weighted by molar-refractivity contribution is 0.505. The van der Waals surface area contributed by atoms with E-state index in [2.05, 4.69) is 30.3 Å². The van der Waals surface area contributed by atoms with Crippen LogP contribution in [-0.4, -0.2) is 18.5 Å². The summed E-state index contributed by atoms with van der Waals surface area (Å²) in [6.45, 7) is 1.05. The minimum atomic E-state index is 0. The molecule has 11 heavy (non-hydrogen) atoms. The van der Waals surface area contributed by atoms with Crippen molar-refractivity contribution in [2.75, 3.05) is 13.6 Å². The third-order valence-corrected chi connectivity index (χ3v) is 0.981. The second-order valence-corrected chi connectivity index (χ2v) is 1.71. The molecule has 1 aliphatic heterocycles. The zero-order valence-corrected chi connectivity index (χ0v) is 11.4. The SMILES string of the molecule is CN1C=CC=CC1.I.I.N.N. The number of allylic oxidation sites excluding steroid dienone is 2. The quantitative estimate of drug-likeness (QED) is 0.630. The van der Waals surface area contributed by atoms with E-state index >= 15 is 0 Å². The molecule has 1 heterocycles. The van der Waals surface area contributed by atoms with Crippen molar-refractivity contribution in [1.82, 2.24) is 17.2 Å². The summed E-state index contributed by atoms with van der Waals surface area (Å²) in [5, 5.41) is 0. The summed E-state index contributed by atoms with van der Waals surface area (Å²) < 4.78 is 0. The molecule has 0 saturated heterocycles. The summed E-state index contributed by atoms with van der Waals surface area (Å²) >= 11 is 0. The molecule has 70 valence electrons. The van der Waals surface area contributed by atoms with Crippen molar-refractivity contribution in [3.8, 4) is 0 Å². The summed E-state index contributed by atoms with van der Waals surface area (Å²) in [4.78, 5) is 2.12. The van der Waals surface area contributed by atoms with Crippen LogP contribution in [0.2, 0.25) is 0 Å². The highest BCUT2D eigenvalue weighted by molar-refractivity contribution is 14.0. The molecule has 0 unspecified atom stereocenters. The topological polar surface area (TPSA) is 73.2 Å². The fourth-order valence-corrected chi connectivity index (χ4v) is 0.563. The lowest BCUT2D eigenvalue weighted by Gasteiger charge is -2.11. The Kier molecular flexibility index (Phi) is 27.2. The van der Waals surface area contributed by atoms with Gasteiger partial charge in [-0.1, -0.05) is 12.2 Å². The molecule has 1 aliphatic rings. The Morgan fingerprint density at radius 1 is 1.09 bits per heavy atom. The zero-order valence-electron chi connectivity index (χ0n) is 6.69. The van der Waals surface area contributed by atoms with E-state index in [1.807, 2.05) is 6.08 Å². The Bertz CT molecular complexity index is 114. The van der Waals surface area contributed by atoms with Crippen LogP contribution in [0.3, 0.4) is 0 Å². The number of hydrogen-bond donors (Lipinski definition) is 2. The van der Waals surface area contributed by atoms with Gasteiger partial charge in [-0.05, 0) is 12.3 Å². The number of rotatable bonds is 0. The first kappa shape index (κ1) is 22.6. The van der Waals surface area contributed by atoms with Crippen molar-refractivity contribution >= 4 is 48.0 Å². The van der Waals surface area contributed by atoms with Crippen LogP contribution in [0.25, 0.3) is 0 Å². The van der Waals surface area contributed by atoms with Gasteiger partial charge in [0, 0.05) is 13.6 Å². The maximum atomic E-state index is 2.12. The largest absolute Gasteiger partial charge is 0.377 e. The first-order valence-corrected chi connectivity index (χ1v) is 2.43. The molecule has 0 fully saturated rings. The summed E-state index contributed by atoms with van der Waals surface area (Å²) in [5.74, 6) is 0. The molecule has 0 aromatic carbocycles. The highest BCUT2D eigenvalue weighted by atomic mass is 127. The van der Waals surface area contributed by atoms with Crippen molar-refractivity contribution in [2.24, 2.45) is 0 Å². The molecule has 0 aromatic rings. The molecule has 0 aliphatic carbocycles. The monoisotopic (exact) mass is 385 g/mol. The average molecular weight is 385 g/mol. The maximum Gasteiger partial charge on any atom is 0.0353 e. The van der Waals surface area contributed by atoms with E-state index in [4.69, 9.17) is 0 Å². The predicted molar refractivity (Wildman–Crippen MR) is 71.8 cm³/mol. The summed E-state index contributed by atoms with van der Waals surface area (Å²) in [6, 6.07) is 0. The van der Waals surface area contributed by atoms with E-state index in [0.717, 1.165) is 6.54 Å². The van der Waals surface area contributed by atoms with Gasteiger partial charge in [0.15, 0.2) is 0 Å². The average Bonchev–Trinajstić information content (AvgIpc) is 1.69. The molecule has 1 rings (SSSR count). The number of hydrogen-bond acceptors (Lipinski definition) is 3. The zero-order chi connectivity index (χ0) is 5.11. The second kappa shape index (κ2) is 13.3. The van der Waals surface area contributed by atoms with Gasteiger partial charge < -0.3 is 17.2 Å². The van der Waals surface area contributed by atoms with Crippen LogP contribution in [0, 0.1) is 0 Å². The third kappa shape index (κ3) is 10.7. The Labute approximate surface area is 102 Å². The molecule has 0 radical (unpaired) electrons. The lowest BCUT2D eigenvalue weighted by Crippen LogP contribution is -2.11. The Morgan fingerprint density at radius 2 is 1.64 bits per heavy atom. The van der Waals surface area contributed by atoms with E-state index in [1.54, 1.807) is 0 Å². The van der Waals surface area contributed by atoms with E-state index < -0.39 is 0 Å². The highest BCUT2D eigenvalue weighted by Gasteiger charge is 1.86. The predicted octanol–water partition coefficient (Wildman–Crippen LogP) is 2.56. The van der Waals surface area contributed by atoms with Crippen LogP contribution >= 0.6 is 48.0 Å². The standard InChI is InChI=1S/C6H9N.2HI.2H3N/c1-7-5-3-2-4-6-7;;;;/h2-5H,6H2,1H3;2*1H;2*1H3. The number of halogens is 2. The van der Waals surface area contributed by atoms with Crippen molar-refractivity contribution in [3.63, 3.8) is 0 Å². The molecular weight excluding hydrogens is 368 g/mol. The van der Waals surface area contributed by atoms with Crippen LogP contribution in [0.1, 0.15) is 0 Å². The molecule has 0 saturated carbocycles. The van der Waals surface area contributed by atoms with Gasteiger partial charge in [0.2, 0.25) is 0 Å². The Hall–Kier alpha value is 0.660. The van der Waals surface area contributed by atoms with Crippen molar-refractivity contribution < 1.29 is 0 Å². The van der Waals surface area contributed by atoms with Crippen LogP contribution in [0.4, 0.5) is 0 Å². The minimum Gasteiger partial charge on any atom is -0.377 e. The Balaban J connectivity index is -0.0000000612. The van der Waals surface area contributed by atoms with Crippen molar-refractivity contribution in [3.05, 3.63) is 24.4 Å². The summed E-state index contributed by atoms with van der Waals surface area (Å²) in [6.07, 6.45) is 8.27. The van der Waals surface area contributed by atoms with Gasteiger partial charge in [-0.25, -0.2) is 0 Å². The van der Waals surface area contributed by atoms with Crippen molar-refractivity contribution in [1.29, 1.82) is 0 Å². The van der Waals surface area contributed by atoms with Crippen molar-refractivity contribution in [2.45, 2.75) is 0 Å². The molecular formula is C6H17I2N3. The number of nitrogens with zero attached hydrogens (tertiary/aromatic N) is 1. The first-order valence-electron chi connectivity index (χ1n) is 2.43. The molecule has 5 heteroatoms.